The highest BCUT2D eigenvalue weighted by molar-refractivity contribution is 6.02. The monoisotopic (exact) mass is 361 g/mol. The van der Waals surface area contributed by atoms with Crippen molar-refractivity contribution in [1.29, 1.82) is 0 Å². The maximum Gasteiger partial charge on any atom is 0.276 e. The van der Waals surface area contributed by atoms with Crippen LogP contribution in [0.5, 0.6) is 0 Å². The van der Waals surface area contributed by atoms with E-state index in [2.05, 4.69) is 20.7 Å². The molecule has 1 atom stereocenters. The minimum absolute atomic E-state index is 0.181. The van der Waals surface area contributed by atoms with E-state index in [-0.39, 0.29) is 5.91 Å². The Labute approximate surface area is 158 Å². The molecule has 6 nitrogen and oxygen atoms in total. The first kappa shape index (κ1) is 17.4. The van der Waals surface area contributed by atoms with Gasteiger partial charge in [-0.15, -0.1) is 0 Å². The first-order valence-electron chi connectivity index (χ1n) is 9.33. The maximum absolute atomic E-state index is 12.5. The van der Waals surface area contributed by atoms with Crippen molar-refractivity contribution in [2.45, 2.75) is 25.3 Å². The molecular weight excluding hydrogens is 338 g/mol. The Morgan fingerprint density at radius 2 is 1.89 bits per heavy atom. The quantitative estimate of drug-likeness (QED) is 0.733. The van der Waals surface area contributed by atoms with Gasteiger partial charge >= 0.3 is 0 Å². The number of pyridine rings is 1. The molecule has 4 rings (SSSR count). The van der Waals surface area contributed by atoms with Gasteiger partial charge in [-0.1, -0.05) is 12.1 Å². The number of aromatic nitrogens is 3. The minimum atomic E-state index is -0.181. The Morgan fingerprint density at radius 3 is 2.63 bits per heavy atom. The van der Waals surface area contributed by atoms with Crippen molar-refractivity contribution in [2.75, 3.05) is 18.4 Å². The van der Waals surface area contributed by atoms with E-state index in [1.165, 1.54) is 11.1 Å². The van der Waals surface area contributed by atoms with E-state index in [9.17, 15) is 4.79 Å². The summed E-state index contributed by atoms with van der Waals surface area (Å²) in [5.41, 5.74) is 3.62. The Morgan fingerprint density at radius 1 is 1.11 bits per heavy atom. The van der Waals surface area contributed by atoms with Crippen molar-refractivity contribution >= 4 is 11.6 Å². The summed E-state index contributed by atoms with van der Waals surface area (Å²) in [5, 5.41) is 10.8. The van der Waals surface area contributed by atoms with Gasteiger partial charge in [0.1, 0.15) is 0 Å². The average Bonchev–Trinajstić information content (AvgIpc) is 3.21. The third-order valence-electron chi connectivity index (χ3n) is 4.86. The number of carbonyl (C=O) groups excluding carboxylic acids is 1. The SMILES string of the molecule is O=C(Nc1ccc(Cc2ccncc2)cc1)c1ccn(C2CCCNC2)n1. The second-order valence-electron chi connectivity index (χ2n) is 6.86. The zero-order valence-corrected chi connectivity index (χ0v) is 15.1. The zero-order chi connectivity index (χ0) is 18.5. The van der Waals surface area contributed by atoms with E-state index in [1.54, 1.807) is 18.5 Å². The molecule has 0 aliphatic carbocycles. The predicted molar refractivity (Wildman–Crippen MR) is 105 cm³/mol. The lowest BCUT2D eigenvalue weighted by Crippen LogP contribution is -2.32. The topological polar surface area (TPSA) is 71.8 Å². The van der Waals surface area contributed by atoms with Crippen LogP contribution >= 0.6 is 0 Å². The molecule has 0 saturated carbocycles. The van der Waals surface area contributed by atoms with Crippen molar-refractivity contribution in [1.82, 2.24) is 20.1 Å². The van der Waals surface area contributed by atoms with Crippen molar-refractivity contribution < 1.29 is 4.79 Å². The molecule has 3 aromatic rings. The fourth-order valence-corrected chi connectivity index (χ4v) is 3.36. The zero-order valence-electron chi connectivity index (χ0n) is 15.1. The van der Waals surface area contributed by atoms with Gasteiger partial charge in [-0.25, -0.2) is 0 Å². The van der Waals surface area contributed by atoms with Crippen LogP contribution in [-0.4, -0.2) is 33.8 Å². The van der Waals surface area contributed by atoms with Crippen LogP contribution in [-0.2, 0) is 6.42 Å². The van der Waals surface area contributed by atoms with E-state index >= 15 is 0 Å². The lowest BCUT2D eigenvalue weighted by molar-refractivity contribution is 0.102. The van der Waals surface area contributed by atoms with Gasteiger partial charge in [0.05, 0.1) is 6.04 Å². The lowest BCUT2D eigenvalue weighted by atomic mass is 10.1. The first-order valence-corrected chi connectivity index (χ1v) is 9.33. The van der Waals surface area contributed by atoms with Crippen molar-refractivity contribution in [3.05, 3.63) is 77.9 Å². The molecule has 1 aromatic carbocycles. The summed E-state index contributed by atoms with van der Waals surface area (Å²) in [6.07, 6.45) is 8.56. The summed E-state index contributed by atoms with van der Waals surface area (Å²) in [4.78, 5) is 16.5. The van der Waals surface area contributed by atoms with Gasteiger partial charge < -0.3 is 10.6 Å². The number of amides is 1. The number of anilines is 1. The highest BCUT2D eigenvalue weighted by Gasteiger charge is 2.17. The molecule has 1 fully saturated rings. The third-order valence-corrected chi connectivity index (χ3v) is 4.86. The highest BCUT2D eigenvalue weighted by atomic mass is 16.1. The number of hydrogen-bond acceptors (Lipinski definition) is 4. The second kappa shape index (κ2) is 8.14. The molecule has 0 spiro atoms. The molecule has 1 aliphatic rings. The molecular formula is C21H23N5O. The van der Waals surface area contributed by atoms with Crippen LogP contribution in [0.4, 0.5) is 5.69 Å². The van der Waals surface area contributed by atoms with E-state index in [4.69, 9.17) is 0 Å². The Bertz CT molecular complexity index is 882. The first-order chi connectivity index (χ1) is 13.3. The molecule has 0 radical (unpaired) electrons. The largest absolute Gasteiger partial charge is 0.321 e. The lowest BCUT2D eigenvalue weighted by Gasteiger charge is -2.22. The summed E-state index contributed by atoms with van der Waals surface area (Å²) in [5.74, 6) is -0.181. The number of benzene rings is 1. The Balaban J connectivity index is 1.37. The van der Waals surface area contributed by atoms with Gasteiger partial charge in [-0.3, -0.25) is 14.5 Å². The summed E-state index contributed by atoms with van der Waals surface area (Å²) >= 11 is 0. The van der Waals surface area contributed by atoms with Gasteiger partial charge in [0, 0.05) is 30.8 Å². The number of piperidine rings is 1. The fourth-order valence-electron chi connectivity index (χ4n) is 3.36. The molecule has 1 aliphatic heterocycles. The maximum atomic E-state index is 12.5. The Hall–Kier alpha value is -2.99. The van der Waals surface area contributed by atoms with Crippen LogP contribution in [0, 0.1) is 0 Å². The van der Waals surface area contributed by atoms with Crippen LogP contribution in [0.25, 0.3) is 0 Å². The summed E-state index contributed by atoms with van der Waals surface area (Å²) in [6, 6.07) is 14.0. The van der Waals surface area contributed by atoms with Gasteiger partial charge in [0.2, 0.25) is 0 Å². The van der Waals surface area contributed by atoms with Crippen molar-refractivity contribution in [3.8, 4) is 0 Å². The van der Waals surface area contributed by atoms with E-state index < -0.39 is 0 Å². The van der Waals surface area contributed by atoms with Gasteiger partial charge in [-0.2, -0.15) is 5.10 Å². The number of nitrogens with one attached hydrogen (secondary N) is 2. The van der Waals surface area contributed by atoms with Crippen LogP contribution < -0.4 is 10.6 Å². The van der Waals surface area contributed by atoms with Gasteiger partial charge in [0.25, 0.3) is 5.91 Å². The molecule has 3 heterocycles. The summed E-state index contributed by atoms with van der Waals surface area (Å²) < 4.78 is 1.90. The Kier molecular flexibility index (Phi) is 5.25. The van der Waals surface area contributed by atoms with E-state index in [1.807, 2.05) is 47.3 Å². The molecule has 1 unspecified atom stereocenters. The normalized spacial score (nSPS) is 16.8. The minimum Gasteiger partial charge on any atom is -0.321 e. The fraction of sp³-hybridized carbons (Fsp3) is 0.286. The number of hydrogen-bond donors (Lipinski definition) is 2. The van der Waals surface area contributed by atoms with Crippen LogP contribution in [0.2, 0.25) is 0 Å². The van der Waals surface area contributed by atoms with Crippen molar-refractivity contribution in [2.24, 2.45) is 0 Å². The molecule has 27 heavy (non-hydrogen) atoms. The number of carbonyl (C=O) groups is 1. The predicted octanol–water partition coefficient (Wildman–Crippen LogP) is 3.05. The van der Waals surface area contributed by atoms with Crippen LogP contribution in [0.15, 0.2) is 61.1 Å². The summed E-state index contributed by atoms with van der Waals surface area (Å²) in [6.45, 7) is 1.96. The summed E-state index contributed by atoms with van der Waals surface area (Å²) in [7, 11) is 0. The molecule has 6 heteroatoms. The average molecular weight is 361 g/mol. The molecule has 2 N–H and O–H groups in total. The van der Waals surface area contributed by atoms with Crippen molar-refractivity contribution in [3.63, 3.8) is 0 Å². The smallest absolute Gasteiger partial charge is 0.276 e. The number of nitrogens with zero attached hydrogens (tertiary/aromatic N) is 3. The molecule has 0 bridgehead atoms. The van der Waals surface area contributed by atoms with E-state index in [0.29, 0.717) is 11.7 Å². The molecule has 1 saturated heterocycles. The van der Waals surface area contributed by atoms with Gasteiger partial charge in [0.15, 0.2) is 5.69 Å². The number of rotatable bonds is 5. The third kappa shape index (κ3) is 4.41. The molecule has 138 valence electrons. The van der Waals surface area contributed by atoms with Crippen LogP contribution in [0.3, 0.4) is 0 Å². The highest BCUT2D eigenvalue weighted by Crippen LogP contribution is 2.17. The molecule has 2 aromatic heterocycles. The standard InChI is InChI=1S/C21H23N5O/c27-21(20-9-13-26(25-20)19-2-1-10-23-15-19)24-18-5-3-16(4-6-18)14-17-7-11-22-12-8-17/h3-9,11-13,19,23H,1-2,10,14-15H2,(H,24,27). The van der Waals surface area contributed by atoms with Gasteiger partial charge in [-0.05, 0) is 67.3 Å². The molecule has 1 amide bonds. The van der Waals surface area contributed by atoms with Crippen LogP contribution in [0.1, 0.15) is 40.5 Å². The second-order valence-corrected chi connectivity index (χ2v) is 6.86. The van der Waals surface area contributed by atoms with E-state index in [0.717, 1.165) is 38.0 Å².